The molecule has 0 aliphatic carbocycles. The zero-order valence-corrected chi connectivity index (χ0v) is 40.1. The third-order valence-electron chi connectivity index (χ3n) is 11.1. The number of hydrogen-bond donors (Lipinski definition) is 2. The predicted molar refractivity (Wildman–Crippen MR) is 261 cm³/mol. The molecule has 0 aromatic heterocycles. The molecule has 1 saturated heterocycles. The fraction of sp³-hybridized carbons (Fsp3) is 0.174. The lowest BCUT2D eigenvalue weighted by Gasteiger charge is -2.37. The van der Waals surface area contributed by atoms with E-state index >= 15 is 0 Å². The summed E-state index contributed by atoms with van der Waals surface area (Å²) >= 11 is 38.6. The van der Waals surface area contributed by atoms with Gasteiger partial charge in [0.1, 0.15) is 5.75 Å². The van der Waals surface area contributed by atoms with Gasteiger partial charge in [-0.2, -0.15) is 21.6 Å². The summed E-state index contributed by atoms with van der Waals surface area (Å²) in [6, 6.07) is 29.3. The first-order valence-electron chi connectivity index (χ1n) is 20.2. The molecule has 0 bridgehead atoms. The molecule has 3 aliphatic rings. The van der Waals surface area contributed by atoms with Crippen molar-refractivity contribution in [1.82, 2.24) is 15.5 Å². The number of carbonyl (C=O) groups is 2. The molecular weight excluding hydrogens is 1020 g/mol. The number of para-hydroxylation sites is 2. The van der Waals surface area contributed by atoms with Crippen LogP contribution in [0.1, 0.15) is 11.1 Å². The Kier molecular flexibility index (Phi) is 14.1. The van der Waals surface area contributed by atoms with Crippen molar-refractivity contribution >= 4 is 120 Å². The Morgan fingerprint density at radius 1 is 0.552 bits per heavy atom. The molecule has 9 rings (SSSR count). The molecule has 11 nitrogen and oxygen atoms in total. The maximum atomic E-state index is 13.2. The minimum absolute atomic E-state index is 0.0172. The Balaban J connectivity index is 0.000000182. The number of nitrogens with one attached hydrogen (secondary N) is 2. The van der Waals surface area contributed by atoms with Gasteiger partial charge in [0.2, 0.25) is 0 Å². The normalized spacial score (nSPS) is 15.2. The maximum absolute atomic E-state index is 13.2. The molecule has 3 heterocycles. The van der Waals surface area contributed by atoms with E-state index in [-0.39, 0.29) is 44.6 Å². The second-order valence-corrected chi connectivity index (χ2v) is 19.3. The number of halogens is 9. The van der Waals surface area contributed by atoms with E-state index in [1.165, 1.54) is 12.1 Å². The highest BCUT2D eigenvalue weighted by Gasteiger charge is 2.49. The van der Waals surface area contributed by atoms with Gasteiger partial charge in [0.15, 0.2) is 0 Å². The van der Waals surface area contributed by atoms with Crippen LogP contribution in [0.15, 0.2) is 109 Å². The minimum Gasteiger partial charge on any atom is -0.376 e. The molecule has 4 amide bonds. The van der Waals surface area contributed by atoms with E-state index in [9.17, 15) is 31.2 Å². The van der Waals surface area contributed by atoms with Crippen molar-refractivity contribution in [2.75, 3.05) is 47.9 Å². The topological polar surface area (TPSA) is 115 Å². The van der Waals surface area contributed by atoms with Gasteiger partial charge in [-0.05, 0) is 72.8 Å². The van der Waals surface area contributed by atoms with Gasteiger partial charge in [0.25, 0.3) is 0 Å². The smallest absolute Gasteiger partial charge is 0.376 e. The Labute approximate surface area is 413 Å². The minimum atomic E-state index is -6.00. The lowest BCUT2D eigenvalue weighted by atomic mass is 9.94. The summed E-state index contributed by atoms with van der Waals surface area (Å²) in [6.45, 7) is 4.08. The van der Waals surface area contributed by atoms with Gasteiger partial charge >= 0.3 is 27.7 Å². The molecule has 0 spiro atoms. The molecule has 3 aliphatic heterocycles. The number of alkyl halides is 3. The van der Waals surface area contributed by atoms with Gasteiger partial charge in [-0.1, -0.05) is 118 Å². The van der Waals surface area contributed by atoms with Crippen molar-refractivity contribution in [3.05, 3.63) is 150 Å². The second-order valence-electron chi connectivity index (χ2n) is 15.3. The molecule has 0 saturated carbocycles. The fourth-order valence-electron chi connectivity index (χ4n) is 7.91. The standard InChI is InChI=1S/C25H23Cl3N4O.C21H12Cl3F3N2O4S/c1-30-9-11-31(12-10-30)16-13-18(17-5-2-3-6-20(17)26)19-15-29-25(33)32(23(19)14-16)24-21(27)7-4-8-22(24)28;22-15-5-2-1-4-12(15)13-8-11(33-34(31,32)21(25,26)27)9-18-14(13)10-28-20(30)29(18)19-16(23)6-3-7-17(19)24/h2-8,13-14H,9-12,15H2,1H3,(H,29,33);1-9H,10H2,(H,28,30). The lowest BCUT2D eigenvalue weighted by molar-refractivity contribution is -0.0500. The zero-order chi connectivity index (χ0) is 47.9. The molecule has 0 radical (unpaired) electrons. The number of anilines is 5. The third kappa shape index (κ3) is 9.79. The molecular formula is C46H35Cl6F3N6O5S. The molecule has 348 valence electrons. The van der Waals surface area contributed by atoms with Gasteiger partial charge in [-0.25, -0.2) is 9.59 Å². The van der Waals surface area contributed by atoms with E-state index in [2.05, 4.69) is 43.8 Å². The van der Waals surface area contributed by atoms with E-state index in [0.29, 0.717) is 38.4 Å². The molecule has 2 N–H and O–H groups in total. The number of hydrogen-bond acceptors (Lipinski definition) is 7. The van der Waals surface area contributed by atoms with Gasteiger partial charge in [0.05, 0.1) is 42.8 Å². The van der Waals surface area contributed by atoms with Crippen LogP contribution in [0.3, 0.4) is 0 Å². The Hall–Kier alpha value is -5.10. The van der Waals surface area contributed by atoms with Gasteiger partial charge in [-0.3, -0.25) is 9.80 Å². The number of carbonyl (C=O) groups excluding carboxylic acids is 2. The fourth-order valence-corrected chi connectivity index (χ4v) is 9.96. The number of nitrogens with zero attached hydrogens (tertiary/aromatic N) is 4. The van der Waals surface area contributed by atoms with Crippen molar-refractivity contribution in [2.24, 2.45) is 0 Å². The highest BCUT2D eigenvalue weighted by atomic mass is 35.5. The van der Waals surface area contributed by atoms with Crippen LogP contribution < -0.4 is 29.5 Å². The number of likely N-dealkylation sites (N-methyl/N-ethyl adjacent to an activating group) is 1. The Morgan fingerprint density at radius 3 is 1.42 bits per heavy atom. The predicted octanol–water partition coefficient (Wildman–Crippen LogP) is 13.3. The zero-order valence-electron chi connectivity index (χ0n) is 34.8. The maximum Gasteiger partial charge on any atom is 0.534 e. The first kappa shape index (κ1) is 48.4. The SMILES string of the molecule is CN1CCN(c2cc(-c3ccccc3Cl)c3c(c2)N(c2c(Cl)cccc2Cl)C(=O)NC3)CC1.O=C1NCc2c(-c3ccccc3Cl)cc(OS(=O)(=O)C(F)(F)F)cc2N1c1c(Cl)cccc1Cl. The molecule has 6 aromatic carbocycles. The third-order valence-corrected chi connectivity index (χ3v) is 14.0. The molecule has 0 unspecified atom stereocenters. The monoisotopic (exact) mass is 1050 g/mol. The van der Waals surface area contributed by atoms with Crippen LogP contribution in [0.5, 0.6) is 5.75 Å². The lowest BCUT2D eigenvalue weighted by Crippen LogP contribution is -2.45. The van der Waals surface area contributed by atoms with E-state index in [4.69, 9.17) is 69.6 Å². The number of benzene rings is 6. The van der Waals surface area contributed by atoms with Crippen LogP contribution >= 0.6 is 69.6 Å². The van der Waals surface area contributed by atoms with E-state index < -0.39 is 27.4 Å². The van der Waals surface area contributed by atoms with Crippen LogP contribution in [0.25, 0.3) is 22.3 Å². The number of fused-ring (bicyclic) bond motifs is 2. The van der Waals surface area contributed by atoms with Crippen molar-refractivity contribution in [2.45, 2.75) is 18.6 Å². The first-order valence-corrected chi connectivity index (χ1v) is 23.8. The second kappa shape index (κ2) is 19.5. The van der Waals surface area contributed by atoms with Crippen LogP contribution in [-0.2, 0) is 23.2 Å². The largest absolute Gasteiger partial charge is 0.534 e. The van der Waals surface area contributed by atoms with E-state index in [1.807, 2.05) is 24.3 Å². The average molecular weight is 1050 g/mol. The summed E-state index contributed by atoms with van der Waals surface area (Å²) in [5, 5.41) is 7.50. The van der Waals surface area contributed by atoms with E-state index in [0.717, 1.165) is 71.3 Å². The first-order chi connectivity index (χ1) is 31.8. The number of urea groups is 2. The van der Waals surface area contributed by atoms with Crippen LogP contribution in [-0.4, -0.2) is 64.1 Å². The summed E-state index contributed by atoms with van der Waals surface area (Å²) in [5.41, 5.74) is 0.579. The summed E-state index contributed by atoms with van der Waals surface area (Å²) in [4.78, 5) is 33.3. The highest BCUT2D eigenvalue weighted by molar-refractivity contribution is 7.88. The highest BCUT2D eigenvalue weighted by Crippen LogP contribution is 2.48. The summed E-state index contributed by atoms with van der Waals surface area (Å²) < 4.78 is 66.9. The van der Waals surface area contributed by atoms with Gasteiger partial charge in [-0.15, -0.1) is 0 Å². The van der Waals surface area contributed by atoms with Crippen molar-refractivity contribution in [1.29, 1.82) is 0 Å². The van der Waals surface area contributed by atoms with Crippen molar-refractivity contribution in [3.8, 4) is 28.0 Å². The summed E-state index contributed by atoms with van der Waals surface area (Å²) in [6.07, 6.45) is 0. The number of amides is 4. The quantitative estimate of drug-likeness (QED) is 0.121. The van der Waals surface area contributed by atoms with Gasteiger partial charge < -0.3 is 24.6 Å². The van der Waals surface area contributed by atoms with Crippen LogP contribution in [0, 0.1) is 0 Å². The Bertz CT molecular complexity index is 3010. The number of piperazine rings is 1. The van der Waals surface area contributed by atoms with Crippen LogP contribution in [0.4, 0.5) is 51.2 Å². The van der Waals surface area contributed by atoms with Crippen molar-refractivity contribution in [3.63, 3.8) is 0 Å². The summed E-state index contributed by atoms with van der Waals surface area (Å²) in [7, 11) is -3.87. The average Bonchev–Trinajstić information content (AvgIpc) is 3.27. The van der Waals surface area contributed by atoms with E-state index in [1.54, 1.807) is 53.4 Å². The molecule has 6 aromatic rings. The molecule has 21 heteroatoms. The molecule has 0 atom stereocenters. The van der Waals surface area contributed by atoms with Crippen molar-refractivity contribution < 1.29 is 35.4 Å². The summed E-state index contributed by atoms with van der Waals surface area (Å²) in [5.74, 6) is -0.686. The van der Waals surface area contributed by atoms with Crippen LogP contribution in [0.2, 0.25) is 30.1 Å². The number of rotatable bonds is 7. The van der Waals surface area contributed by atoms with Gasteiger partial charge in [0, 0.05) is 83.3 Å². The molecule has 1 fully saturated rings. The Morgan fingerprint density at radius 2 is 0.970 bits per heavy atom. The molecule has 67 heavy (non-hydrogen) atoms.